The Labute approximate surface area is 172 Å². The standard InChI is InChI=1S/C20H33N5O4/c1-14-10-24(15(2)12-26)19(27)5-4-8-25-17(9-21-22-25)13-29-18(14)11-23(3)20(28)16-6-7-16/h9,14-16,18,26H,4-8,10-13H2,1-3H3/t14-,15-,18-/m1/s1. The van der Waals surface area contributed by atoms with Gasteiger partial charge in [0.1, 0.15) is 0 Å². The summed E-state index contributed by atoms with van der Waals surface area (Å²) in [6.07, 6.45) is 4.42. The van der Waals surface area contributed by atoms with Gasteiger partial charge in [-0.25, -0.2) is 4.68 Å². The van der Waals surface area contributed by atoms with Gasteiger partial charge >= 0.3 is 0 Å². The fourth-order valence-electron chi connectivity index (χ4n) is 3.75. The second-order valence-electron chi connectivity index (χ2n) is 8.45. The van der Waals surface area contributed by atoms with Gasteiger partial charge in [0.05, 0.1) is 37.3 Å². The van der Waals surface area contributed by atoms with Crippen molar-refractivity contribution in [2.45, 2.75) is 64.8 Å². The van der Waals surface area contributed by atoms with Crippen LogP contribution >= 0.6 is 0 Å². The number of fused-ring (bicyclic) bond motifs is 1. The Morgan fingerprint density at radius 1 is 1.45 bits per heavy atom. The van der Waals surface area contributed by atoms with Crippen LogP contribution in [-0.4, -0.2) is 80.6 Å². The van der Waals surface area contributed by atoms with E-state index >= 15 is 0 Å². The van der Waals surface area contributed by atoms with E-state index in [1.54, 1.807) is 20.7 Å². The first kappa shape index (κ1) is 21.7. The van der Waals surface area contributed by atoms with Gasteiger partial charge in [0, 0.05) is 44.9 Å². The van der Waals surface area contributed by atoms with Gasteiger partial charge in [0.15, 0.2) is 0 Å². The number of ether oxygens (including phenoxy) is 1. The number of aliphatic hydroxyl groups excluding tert-OH is 1. The molecule has 9 heteroatoms. The summed E-state index contributed by atoms with van der Waals surface area (Å²) in [6.45, 7) is 5.69. The van der Waals surface area contributed by atoms with E-state index in [0.29, 0.717) is 39.1 Å². The van der Waals surface area contributed by atoms with Crippen molar-refractivity contribution >= 4 is 11.8 Å². The first-order valence-electron chi connectivity index (χ1n) is 10.5. The lowest BCUT2D eigenvalue weighted by Crippen LogP contribution is -2.48. The first-order chi connectivity index (χ1) is 13.9. The molecule has 1 aromatic rings. The molecule has 3 atom stereocenters. The zero-order chi connectivity index (χ0) is 21.0. The van der Waals surface area contributed by atoms with Crippen molar-refractivity contribution in [3.8, 4) is 0 Å². The summed E-state index contributed by atoms with van der Waals surface area (Å²) in [5, 5.41) is 17.7. The lowest BCUT2D eigenvalue weighted by Gasteiger charge is -2.35. The molecule has 1 N–H and O–H groups in total. The zero-order valence-corrected chi connectivity index (χ0v) is 17.7. The fourth-order valence-corrected chi connectivity index (χ4v) is 3.75. The molecule has 2 aliphatic rings. The molecule has 1 saturated carbocycles. The fraction of sp³-hybridized carbons (Fsp3) is 0.800. The third-order valence-corrected chi connectivity index (χ3v) is 5.90. The van der Waals surface area contributed by atoms with Crippen molar-refractivity contribution < 1.29 is 19.4 Å². The molecule has 0 spiro atoms. The van der Waals surface area contributed by atoms with Gasteiger partial charge in [-0.2, -0.15) is 0 Å². The van der Waals surface area contributed by atoms with Gasteiger partial charge in [-0.15, -0.1) is 5.10 Å². The predicted molar refractivity (Wildman–Crippen MR) is 106 cm³/mol. The highest BCUT2D eigenvalue weighted by molar-refractivity contribution is 5.80. The normalized spacial score (nSPS) is 25.0. The zero-order valence-electron chi connectivity index (χ0n) is 17.7. The number of carbonyl (C=O) groups excluding carboxylic acids is 2. The molecule has 162 valence electrons. The molecule has 1 aromatic heterocycles. The molecular weight excluding hydrogens is 374 g/mol. The number of rotatable bonds is 5. The van der Waals surface area contributed by atoms with Crippen molar-refractivity contribution in [1.82, 2.24) is 24.8 Å². The molecule has 2 heterocycles. The Morgan fingerprint density at radius 2 is 2.21 bits per heavy atom. The maximum atomic E-state index is 12.8. The first-order valence-corrected chi connectivity index (χ1v) is 10.5. The number of hydrogen-bond donors (Lipinski definition) is 1. The van der Waals surface area contributed by atoms with Gasteiger partial charge in [-0.3, -0.25) is 9.59 Å². The lowest BCUT2D eigenvalue weighted by molar-refractivity contribution is -0.138. The van der Waals surface area contributed by atoms with Crippen LogP contribution in [0.3, 0.4) is 0 Å². The maximum absolute atomic E-state index is 12.8. The molecule has 3 rings (SSSR count). The summed E-state index contributed by atoms with van der Waals surface area (Å²) in [6, 6.07) is -0.263. The smallest absolute Gasteiger partial charge is 0.225 e. The van der Waals surface area contributed by atoms with Crippen LogP contribution in [0.1, 0.15) is 45.2 Å². The SMILES string of the molecule is C[C@@H]1CN([C@H](C)CO)C(=O)CCCn2nncc2CO[C@@H]1CN(C)C(=O)C1CC1. The summed E-state index contributed by atoms with van der Waals surface area (Å²) >= 11 is 0. The van der Waals surface area contributed by atoms with Crippen molar-refractivity contribution in [3.05, 3.63) is 11.9 Å². The molecule has 1 fully saturated rings. The van der Waals surface area contributed by atoms with E-state index in [9.17, 15) is 14.7 Å². The van der Waals surface area contributed by atoms with E-state index in [1.807, 2.05) is 20.9 Å². The van der Waals surface area contributed by atoms with Crippen LogP contribution in [0.4, 0.5) is 0 Å². The molecule has 2 amide bonds. The maximum Gasteiger partial charge on any atom is 0.225 e. The quantitative estimate of drug-likeness (QED) is 0.770. The second kappa shape index (κ2) is 9.67. The Morgan fingerprint density at radius 3 is 2.90 bits per heavy atom. The third kappa shape index (κ3) is 5.54. The summed E-state index contributed by atoms with van der Waals surface area (Å²) in [5.74, 6) is 0.322. The number of aryl methyl sites for hydroxylation is 1. The van der Waals surface area contributed by atoms with Crippen molar-refractivity contribution in [2.75, 3.05) is 26.7 Å². The number of hydrogen-bond acceptors (Lipinski definition) is 6. The van der Waals surface area contributed by atoms with Gasteiger partial charge in [0.25, 0.3) is 0 Å². The van der Waals surface area contributed by atoms with Gasteiger partial charge in [-0.1, -0.05) is 12.1 Å². The molecular formula is C20H33N5O4. The monoisotopic (exact) mass is 407 g/mol. The van der Waals surface area contributed by atoms with Crippen LogP contribution in [0.15, 0.2) is 6.20 Å². The van der Waals surface area contributed by atoms with Crippen LogP contribution in [0.25, 0.3) is 0 Å². The predicted octanol–water partition coefficient (Wildman–Crippen LogP) is 0.671. The highest BCUT2D eigenvalue weighted by atomic mass is 16.5. The number of nitrogens with zero attached hydrogens (tertiary/aromatic N) is 5. The van der Waals surface area contributed by atoms with Gasteiger partial charge in [0.2, 0.25) is 11.8 Å². The van der Waals surface area contributed by atoms with E-state index in [0.717, 1.165) is 18.5 Å². The minimum atomic E-state index is -0.263. The topological polar surface area (TPSA) is 101 Å². The van der Waals surface area contributed by atoms with E-state index in [1.165, 1.54) is 0 Å². The van der Waals surface area contributed by atoms with E-state index < -0.39 is 0 Å². The van der Waals surface area contributed by atoms with E-state index in [2.05, 4.69) is 10.3 Å². The molecule has 0 radical (unpaired) electrons. The largest absolute Gasteiger partial charge is 0.394 e. The minimum Gasteiger partial charge on any atom is -0.394 e. The number of amides is 2. The van der Waals surface area contributed by atoms with Gasteiger partial charge in [-0.05, 0) is 26.2 Å². The summed E-state index contributed by atoms with van der Waals surface area (Å²) in [5.41, 5.74) is 0.868. The number of likely N-dealkylation sites (N-methyl/N-ethyl adjacent to an activating group) is 1. The number of carbonyl (C=O) groups is 2. The second-order valence-corrected chi connectivity index (χ2v) is 8.45. The molecule has 0 saturated heterocycles. The third-order valence-electron chi connectivity index (χ3n) is 5.90. The molecule has 1 aliphatic heterocycles. The molecule has 0 unspecified atom stereocenters. The van der Waals surface area contributed by atoms with E-state index in [-0.39, 0.29) is 42.4 Å². The molecule has 1 aliphatic carbocycles. The summed E-state index contributed by atoms with van der Waals surface area (Å²) in [7, 11) is 1.82. The summed E-state index contributed by atoms with van der Waals surface area (Å²) < 4.78 is 8.01. The number of aliphatic hydroxyl groups is 1. The molecule has 0 aromatic carbocycles. The van der Waals surface area contributed by atoms with Crippen LogP contribution in [0.2, 0.25) is 0 Å². The molecule has 29 heavy (non-hydrogen) atoms. The lowest BCUT2D eigenvalue weighted by atomic mass is 10.0. The van der Waals surface area contributed by atoms with Gasteiger partial charge < -0.3 is 19.6 Å². The Balaban J connectivity index is 1.79. The van der Waals surface area contributed by atoms with E-state index in [4.69, 9.17) is 4.74 Å². The summed E-state index contributed by atoms with van der Waals surface area (Å²) in [4.78, 5) is 28.8. The average molecular weight is 408 g/mol. The highest BCUT2D eigenvalue weighted by Gasteiger charge is 2.34. The van der Waals surface area contributed by atoms with Crippen LogP contribution in [-0.2, 0) is 27.5 Å². The van der Waals surface area contributed by atoms with Crippen molar-refractivity contribution in [3.63, 3.8) is 0 Å². The Bertz CT molecular complexity index is 705. The number of aromatic nitrogens is 3. The van der Waals surface area contributed by atoms with Crippen molar-refractivity contribution in [1.29, 1.82) is 0 Å². The van der Waals surface area contributed by atoms with Crippen LogP contribution < -0.4 is 0 Å². The van der Waals surface area contributed by atoms with Crippen LogP contribution in [0.5, 0.6) is 0 Å². The average Bonchev–Trinajstić information content (AvgIpc) is 3.46. The minimum absolute atomic E-state index is 0.00818. The van der Waals surface area contributed by atoms with Crippen LogP contribution in [0, 0.1) is 11.8 Å². The Kier molecular flexibility index (Phi) is 7.23. The molecule has 9 nitrogen and oxygen atoms in total. The molecule has 0 bridgehead atoms. The highest BCUT2D eigenvalue weighted by Crippen LogP contribution is 2.31. The Hall–Kier alpha value is -2.00. The van der Waals surface area contributed by atoms with Crippen molar-refractivity contribution in [2.24, 2.45) is 11.8 Å².